The summed E-state index contributed by atoms with van der Waals surface area (Å²) in [5.74, 6) is 1.19. The van der Waals surface area contributed by atoms with Gasteiger partial charge in [0.05, 0.1) is 11.0 Å². The van der Waals surface area contributed by atoms with Crippen molar-refractivity contribution in [2.24, 2.45) is 0 Å². The lowest BCUT2D eigenvalue weighted by Gasteiger charge is -2.09. The van der Waals surface area contributed by atoms with Crippen LogP contribution < -0.4 is 10.5 Å². The Hall–Kier alpha value is -2.33. The van der Waals surface area contributed by atoms with E-state index in [9.17, 15) is 0 Å². The second-order valence-electron chi connectivity index (χ2n) is 4.42. The minimum atomic E-state index is 0.260. The molecule has 0 saturated heterocycles. The van der Waals surface area contributed by atoms with Gasteiger partial charge >= 0.3 is 0 Å². The summed E-state index contributed by atoms with van der Waals surface area (Å²) >= 11 is 5.98. The van der Waals surface area contributed by atoms with Crippen LogP contribution in [0, 0.1) is 6.92 Å². The lowest BCUT2D eigenvalue weighted by Crippen LogP contribution is -1.99. The Morgan fingerprint density at radius 2 is 1.75 bits per heavy atom. The molecule has 5 heteroatoms. The molecule has 2 aromatic carbocycles. The van der Waals surface area contributed by atoms with E-state index < -0.39 is 0 Å². The average molecular weight is 286 g/mol. The number of fused-ring (bicyclic) bond motifs is 1. The first-order valence-electron chi connectivity index (χ1n) is 6.10. The normalized spacial score (nSPS) is 10.7. The van der Waals surface area contributed by atoms with Gasteiger partial charge in [0.25, 0.3) is 5.88 Å². The van der Waals surface area contributed by atoms with Gasteiger partial charge in [0, 0.05) is 5.02 Å². The molecule has 0 fully saturated rings. The molecule has 1 heterocycles. The Balaban J connectivity index is 2.01. The second-order valence-corrected chi connectivity index (χ2v) is 4.82. The van der Waals surface area contributed by atoms with Crippen molar-refractivity contribution in [3.8, 4) is 11.6 Å². The number of anilines is 1. The molecule has 3 rings (SSSR count). The number of aromatic nitrogens is 2. The highest BCUT2D eigenvalue weighted by molar-refractivity contribution is 6.31. The predicted octanol–water partition coefficient (Wildman–Crippen LogP) is 3.97. The first-order chi connectivity index (χ1) is 9.63. The van der Waals surface area contributed by atoms with Crippen molar-refractivity contribution in [2.45, 2.75) is 6.92 Å². The van der Waals surface area contributed by atoms with Crippen molar-refractivity contribution >= 4 is 28.5 Å². The summed E-state index contributed by atoms with van der Waals surface area (Å²) in [6.45, 7) is 1.91. The maximum Gasteiger partial charge on any atom is 0.263 e. The number of halogens is 1. The van der Waals surface area contributed by atoms with E-state index in [1.807, 2.05) is 37.3 Å². The molecule has 0 aliphatic carbocycles. The van der Waals surface area contributed by atoms with E-state index in [0.29, 0.717) is 16.7 Å². The van der Waals surface area contributed by atoms with Crippen molar-refractivity contribution in [3.63, 3.8) is 0 Å². The standard InChI is InChI=1S/C15H12ClN3O/c1-9-8-10(6-7-11(9)16)20-15-14(17)18-12-4-2-3-5-13(12)19-15/h2-8H,1H3,(H2,17,18). The lowest BCUT2D eigenvalue weighted by atomic mass is 10.2. The number of para-hydroxylation sites is 2. The number of aryl methyl sites for hydroxylation is 1. The third-order valence-electron chi connectivity index (χ3n) is 2.91. The Labute approximate surface area is 121 Å². The first kappa shape index (κ1) is 12.7. The molecule has 100 valence electrons. The van der Waals surface area contributed by atoms with Gasteiger partial charge in [-0.25, -0.2) is 9.97 Å². The molecule has 4 nitrogen and oxygen atoms in total. The molecule has 1 aromatic heterocycles. The topological polar surface area (TPSA) is 61.0 Å². The average Bonchev–Trinajstić information content (AvgIpc) is 2.44. The molecule has 0 amide bonds. The number of hydrogen-bond acceptors (Lipinski definition) is 4. The van der Waals surface area contributed by atoms with Gasteiger partial charge < -0.3 is 10.5 Å². The number of nitrogens with zero attached hydrogens (tertiary/aromatic N) is 2. The van der Waals surface area contributed by atoms with Crippen LogP contribution in [0.15, 0.2) is 42.5 Å². The molecule has 20 heavy (non-hydrogen) atoms. The van der Waals surface area contributed by atoms with Gasteiger partial charge in [0.15, 0.2) is 5.82 Å². The fraction of sp³-hybridized carbons (Fsp3) is 0.0667. The molecule has 0 radical (unpaired) electrons. The van der Waals surface area contributed by atoms with Crippen LogP contribution in [0.25, 0.3) is 11.0 Å². The summed E-state index contributed by atoms with van der Waals surface area (Å²) < 4.78 is 5.70. The SMILES string of the molecule is Cc1cc(Oc2nc3ccccc3nc2N)ccc1Cl. The van der Waals surface area contributed by atoms with E-state index in [1.54, 1.807) is 12.1 Å². The molecule has 2 N–H and O–H groups in total. The van der Waals surface area contributed by atoms with Crippen molar-refractivity contribution in [1.82, 2.24) is 9.97 Å². The largest absolute Gasteiger partial charge is 0.436 e. The summed E-state index contributed by atoms with van der Waals surface area (Å²) in [5.41, 5.74) is 8.28. The summed E-state index contributed by atoms with van der Waals surface area (Å²) in [7, 11) is 0. The van der Waals surface area contributed by atoms with Gasteiger partial charge in [-0.3, -0.25) is 0 Å². The molecule has 0 aliphatic heterocycles. The molecule has 3 aromatic rings. The van der Waals surface area contributed by atoms with Gasteiger partial charge in [-0.15, -0.1) is 0 Å². The highest BCUT2D eigenvalue weighted by atomic mass is 35.5. The van der Waals surface area contributed by atoms with Crippen LogP contribution in [0.5, 0.6) is 11.6 Å². The minimum Gasteiger partial charge on any atom is -0.436 e. The van der Waals surface area contributed by atoms with Gasteiger partial charge in [0.2, 0.25) is 0 Å². The van der Waals surface area contributed by atoms with Gasteiger partial charge in [-0.2, -0.15) is 0 Å². The molecular weight excluding hydrogens is 274 g/mol. The number of nitrogens with two attached hydrogens (primary N) is 1. The van der Waals surface area contributed by atoms with Crippen LogP contribution in [-0.4, -0.2) is 9.97 Å². The number of benzene rings is 2. The second kappa shape index (κ2) is 4.98. The van der Waals surface area contributed by atoms with Crippen molar-refractivity contribution in [3.05, 3.63) is 53.1 Å². The van der Waals surface area contributed by atoms with Gasteiger partial charge in [-0.05, 0) is 42.8 Å². The smallest absolute Gasteiger partial charge is 0.263 e. The fourth-order valence-electron chi connectivity index (χ4n) is 1.86. The lowest BCUT2D eigenvalue weighted by molar-refractivity contribution is 0.465. The van der Waals surface area contributed by atoms with Gasteiger partial charge in [-0.1, -0.05) is 23.7 Å². The van der Waals surface area contributed by atoms with Crippen LogP contribution >= 0.6 is 11.6 Å². The molecule has 0 spiro atoms. The fourth-order valence-corrected chi connectivity index (χ4v) is 1.98. The Bertz CT molecular complexity index is 789. The van der Waals surface area contributed by atoms with E-state index in [4.69, 9.17) is 22.1 Å². The molecule has 0 saturated carbocycles. The summed E-state index contributed by atoms with van der Waals surface area (Å²) in [5, 5.41) is 0.690. The molecule has 0 unspecified atom stereocenters. The minimum absolute atomic E-state index is 0.260. The molecule has 0 aliphatic rings. The summed E-state index contributed by atoms with van der Waals surface area (Å²) in [6.07, 6.45) is 0. The Morgan fingerprint density at radius 1 is 1.05 bits per heavy atom. The maximum absolute atomic E-state index is 5.98. The van der Waals surface area contributed by atoms with Crippen molar-refractivity contribution < 1.29 is 4.74 Å². The molecular formula is C15H12ClN3O. The van der Waals surface area contributed by atoms with E-state index >= 15 is 0 Å². The van der Waals surface area contributed by atoms with Crippen LogP contribution in [0.1, 0.15) is 5.56 Å². The number of rotatable bonds is 2. The molecule has 0 atom stereocenters. The number of nitrogen functional groups attached to an aromatic ring is 1. The third kappa shape index (κ3) is 2.38. The summed E-state index contributed by atoms with van der Waals surface area (Å²) in [6, 6.07) is 12.9. The maximum atomic E-state index is 5.98. The first-order valence-corrected chi connectivity index (χ1v) is 6.47. The van der Waals surface area contributed by atoms with Crippen molar-refractivity contribution in [2.75, 3.05) is 5.73 Å². The van der Waals surface area contributed by atoms with E-state index in [1.165, 1.54) is 0 Å². The number of ether oxygens (including phenoxy) is 1. The zero-order chi connectivity index (χ0) is 14.1. The number of hydrogen-bond donors (Lipinski definition) is 1. The zero-order valence-corrected chi connectivity index (χ0v) is 11.6. The van der Waals surface area contributed by atoms with Crippen LogP contribution in [-0.2, 0) is 0 Å². The van der Waals surface area contributed by atoms with Crippen molar-refractivity contribution in [1.29, 1.82) is 0 Å². The van der Waals surface area contributed by atoms with Crippen LogP contribution in [0.2, 0.25) is 5.02 Å². The monoisotopic (exact) mass is 285 g/mol. The van der Waals surface area contributed by atoms with E-state index in [-0.39, 0.29) is 5.82 Å². The highest BCUT2D eigenvalue weighted by Gasteiger charge is 2.08. The van der Waals surface area contributed by atoms with Crippen LogP contribution in [0.3, 0.4) is 0 Å². The molecule has 0 bridgehead atoms. The van der Waals surface area contributed by atoms with Gasteiger partial charge in [0.1, 0.15) is 5.75 Å². The zero-order valence-electron chi connectivity index (χ0n) is 10.8. The van der Waals surface area contributed by atoms with E-state index in [2.05, 4.69) is 9.97 Å². The van der Waals surface area contributed by atoms with Crippen LogP contribution in [0.4, 0.5) is 5.82 Å². The highest BCUT2D eigenvalue weighted by Crippen LogP contribution is 2.28. The Kier molecular flexibility index (Phi) is 3.16. The summed E-state index contributed by atoms with van der Waals surface area (Å²) in [4.78, 5) is 8.66. The third-order valence-corrected chi connectivity index (χ3v) is 3.33. The Morgan fingerprint density at radius 3 is 2.45 bits per heavy atom. The van der Waals surface area contributed by atoms with E-state index in [0.717, 1.165) is 16.6 Å². The predicted molar refractivity (Wildman–Crippen MR) is 80.2 cm³/mol. The quantitative estimate of drug-likeness (QED) is 0.774.